The van der Waals surface area contributed by atoms with E-state index in [1.807, 2.05) is 13.8 Å². The molecule has 0 radical (unpaired) electrons. The van der Waals surface area contributed by atoms with Gasteiger partial charge in [-0.1, -0.05) is 13.8 Å². The fraction of sp³-hybridized carbons (Fsp3) is 0.333. The van der Waals surface area contributed by atoms with Crippen LogP contribution in [0.3, 0.4) is 0 Å². The van der Waals surface area contributed by atoms with Crippen LogP contribution in [-0.4, -0.2) is 23.2 Å². The number of benzene rings is 1. The molecule has 140 valence electrons. The summed E-state index contributed by atoms with van der Waals surface area (Å²) in [7, 11) is 1.73. The van der Waals surface area contributed by atoms with Gasteiger partial charge in [0.15, 0.2) is 0 Å². The lowest BCUT2D eigenvalue weighted by molar-refractivity contribution is -0.387. The molecule has 3 rings (SSSR count). The van der Waals surface area contributed by atoms with E-state index in [1.165, 1.54) is 6.07 Å². The van der Waals surface area contributed by atoms with Gasteiger partial charge in [0.05, 0.1) is 4.92 Å². The van der Waals surface area contributed by atoms with Crippen LogP contribution in [0.4, 0.5) is 27.3 Å². The maximum Gasteiger partial charge on any atom is 0.304 e. The second kappa shape index (κ2) is 10.8. The van der Waals surface area contributed by atoms with Crippen LogP contribution >= 0.6 is 0 Å². The van der Waals surface area contributed by atoms with Crippen LogP contribution in [0.15, 0.2) is 36.5 Å². The van der Waals surface area contributed by atoms with Gasteiger partial charge in [-0.3, -0.25) is 10.1 Å². The van der Waals surface area contributed by atoms with Crippen molar-refractivity contribution in [2.24, 2.45) is 5.92 Å². The molecule has 1 heterocycles. The molecule has 0 unspecified atom stereocenters. The Hall–Kier alpha value is -3.03. The number of nitro benzene ring substituents is 1. The minimum atomic E-state index is -0.877. The highest BCUT2D eigenvalue weighted by atomic mass is 19.1. The highest BCUT2D eigenvalue weighted by Gasteiger charge is 2.19. The molecule has 1 aliphatic carbocycles. The van der Waals surface area contributed by atoms with Gasteiger partial charge in [-0.25, -0.2) is 4.98 Å². The van der Waals surface area contributed by atoms with Gasteiger partial charge in [-0.2, -0.15) is 4.39 Å². The van der Waals surface area contributed by atoms with Crippen LogP contribution in [0.2, 0.25) is 0 Å². The molecule has 26 heavy (non-hydrogen) atoms. The molecule has 2 aromatic rings. The number of carbonyl (C=O) groups excluding carboxylic acids is 1. The van der Waals surface area contributed by atoms with Gasteiger partial charge in [0.1, 0.15) is 12.1 Å². The lowest BCUT2D eigenvalue weighted by atomic mass is 10.2. The van der Waals surface area contributed by atoms with Crippen molar-refractivity contribution in [2.45, 2.75) is 26.7 Å². The van der Waals surface area contributed by atoms with E-state index in [0.717, 1.165) is 31.3 Å². The minimum Gasteiger partial charge on any atom is -0.373 e. The Labute approximate surface area is 151 Å². The maximum atomic E-state index is 13.4. The van der Waals surface area contributed by atoms with Crippen molar-refractivity contribution < 1.29 is 14.1 Å². The minimum absolute atomic E-state index is 0.427. The Morgan fingerprint density at radius 3 is 2.35 bits per heavy atom. The smallest absolute Gasteiger partial charge is 0.304 e. The number of rotatable bonds is 5. The zero-order valence-corrected chi connectivity index (χ0v) is 15.0. The van der Waals surface area contributed by atoms with Crippen molar-refractivity contribution in [1.82, 2.24) is 4.98 Å². The number of hydrogen-bond acceptors (Lipinski definition) is 6. The van der Waals surface area contributed by atoms with E-state index in [2.05, 4.69) is 15.6 Å². The zero-order valence-electron chi connectivity index (χ0n) is 15.0. The lowest BCUT2D eigenvalue weighted by Crippen LogP contribution is -1.97. The predicted octanol–water partition coefficient (Wildman–Crippen LogP) is 4.54. The third-order valence-corrected chi connectivity index (χ3v) is 3.26. The van der Waals surface area contributed by atoms with Gasteiger partial charge >= 0.3 is 5.69 Å². The molecule has 2 N–H and O–H groups in total. The number of nitro groups is 1. The number of hydrogen-bond donors (Lipinski definition) is 2. The summed E-state index contributed by atoms with van der Waals surface area (Å²) in [6.07, 6.45) is 4.91. The van der Waals surface area contributed by atoms with Gasteiger partial charge in [0.25, 0.3) is 0 Å². The fourth-order valence-corrected chi connectivity index (χ4v) is 1.78. The molecule has 1 saturated carbocycles. The summed E-state index contributed by atoms with van der Waals surface area (Å²) >= 11 is 0. The monoisotopic (exact) mass is 362 g/mol. The number of carbonyl (C=O) groups is 1. The zero-order chi connectivity index (χ0) is 19.5. The third kappa shape index (κ3) is 6.84. The fourth-order valence-electron chi connectivity index (χ4n) is 1.78. The highest BCUT2D eigenvalue weighted by Crippen LogP contribution is 2.25. The molecule has 1 aliphatic rings. The summed E-state index contributed by atoms with van der Waals surface area (Å²) in [4.78, 5) is 23.4. The molecule has 0 aliphatic heterocycles. The first kappa shape index (κ1) is 21.0. The molecule has 0 bridgehead atoms. The second-order valence-corrected chi connectivity index (χ2v) is 5.20. The van der Waals surface area contributed by atoms with E-state index < -0.39 is 16.4 Å². The van der Waals surface area contributed by atoms with Crippen LogP contribution in [0.5, 0.6) is 0 Å². The first-order valence-electron chi connectivity index (χ1n) is 8.33. The van der Waals surface area contributed by atoms with Crippen LogP contribution in [-0.2, 0) is 4.79 Å². The highest BCUT2D eigenvalue weighted by molar-refractivity contribution is 5.63. The van der Waals surface area contributed by atoms with Crippen LogP contribution in [0.1, 0.15) is 26.7 Å². The SMILES string of the molecule is CC.CNc1cc(Nc2ccc([N+](=O)[O-])c(F)c2)ccn1.O=CC1CC1. The van der Waals surface area contributed by atoms with Gasteiger partial charge in [-0.05, 0) is 25.0 Å². The Kier molecular flexibility index (Phi) is 8.69. The largest absolute Gasteiger partial charge is 0.373 e. The van der Waals surface area contributed by atoms with E-state index in [4.69, 9.17) is 0 Å². The molecule has 1 aromatic heterocycles. The molecule has 0 amide bonds. The maximum absolute atomic E-state index is 13.4. The first-order chi connectivity index (χ1) is 12.5. The van der Waals surface area contributed by atoms with Crippen molar-refractivity contribution in [2.75, 3.05) is 17.7 Å². The summed E-state index contributed by atoms with van der Waals surface area (Å²) < 4.78 is 13.4. The lowest BCUT2D eigenvalue weighted by Gasteiger charge is -2.07. The first-order valence-corrected chi connectivity index (χ1v) is 8.33. The summed E-state index contributed by atoms with van der Waals surface area (Å²) in [6, 6.07) is 7.09. The molecule has 8 heteroatoms. The molecule has 1 aromatic carbocycles. The summed E-state index contributed by atoms with van der Waals surface area (Å²) in [5.74, 6) is 0.236. The van der Waals surface area contributed by atoms with Crippen molar-refractivity contribution in [3.8, 4) is 0 Å². The standard InChI is InChI=1S/C12H11FN4O2.C4H6O.C2H6/c1-14-12-7-9(4-5-15-12)16-8-2-3-11(17(18)19)10(13)6-8;5-3-4-1-2-4;1-2/h2-7H,1H3,(H2,14,15,16);3-4H,1-2H2;1-2H3. The Bertz CT molecular complexity index is 736. The summed E-state index contributed by atoms with van der Waals surface area (Å²) in [5, 5.41) is 16.3. The van der Waals surface area contributed by atoms with Gasteiger partial charge in [0, 0.05) is 48.7 Å². The summed E-state index contributed by atoms with van der Waals surface area (Å²) in [6.45, 7) is 4.00. The average molecular weight is 362 g/mol. The van der Waals surface area contributed by atoms with E-state index in [-0.39, 0.29) is 0 Å². The van der Waals surface area contributed by atoms with Gasteiger partial charge in [0.2, 0.25) is 5.82 Å². The number of nitrogens with one attached hydrogen (secondary N) is 2. The number of pyridine rings is 1. The van der Waals surface area contributed by atoms with Gasteiger partial charge < -0.3 is 15.4 Å². The van der Waals surface area contributed by atoms with Crippen molar-refractivity contribution in [1.29, 1.82) is 0 Å². The Morgan fingerprint density at radius 1 is 1.23 bits per heavy atom. The summed E-state index contributed by atoms with van der Waals surface area (Å²) in [5.41, 5.74) is 0.583. The van der Waals surface area contributed by atoms with Crippen molar-refractivity contribution in [3.05, 3.63) is 52.5 Å². The van der Waals surface area contributed by atoms with Crippen molar-refractivity contribution in [3.63, 3.8) is 0 Å². The van der Waals surface area contributed by atoms with E-state index >= 15 is 0 Å². The molecular weight excluding hydrogens is 339 g/mol. The number of nitrogens with zero attached hydrogens (tertiary/aromatic N) is 2. The van der Waals surface area contributed by atoms with Crippen LogP contribution in [0, 0.1) is 21.8 Å². The van der Waals surface area contributed by atoms with Crippen molar-refractivity contribution >= 4 is 29.2 Å². The molecule has 7 nitrogen and oxygen atoms in total. The third-order valence-electron chi connectivity index (χ3n) is 3.26. The van der Waals surface area contributed by atoms with Gasteiger partial charge in [-0.15, -0.1) is 0 Å². The number of aldehydes is 1. The Balaban J connectivity index is 0.000000408. The number of anilines is 3. The molecule has 0 saturated heterocycles. The van der Waals surface area contributed by atoms with E-state index in [9.17, 15) is 19.3 Å². The topological polar surface area (TPSA) is 97.2 Å². The second-order valence-electron chi connectivity index (χ2n) is 5.20. The Morgan fingerprint density at radius 2 is 1.88 bits per heavy atom. The average Bonchev–Trinajstić information content (AvgIpc) is 3.48. The molecule has 0 atom stereocenters. The predicted molar refractivity (Wildman–Crippen MR) is 100 cm³/mol. The van der Waals surface area contributed by atoms with E-state index in [0.29, 0.717) is 23.1 Å². The molecule has 0 spiro atoms. The van der Waals surface area contributed by atoms with Crippen LogP contribution < -0.4 is 10.6 Å². The van der Waals surface area contributed by atoms with E-state index in [1.54, 1.807) is 25.4 Å². The van der Waals surface area contributed by atoms with Crippen LogP contribution in [0.25, 0.3) is 0 Å². The normalized spacial score (nSPS) is 11.8. The quantitative estimate of drug-likeness (QED) is 0.460. The molecule has 1 fully saturated rings. The molecular formula is C18H23FN4O3. The number of aromatic nitrogens is 1. The number of halogens is 1.